The van der Waals surface area contributed by atoms with Gasteiger partial charge in [0.05, 0.1) is 12.1 Å². The summed E-state index contributed by atoms with van der Waals surface area (Å²) >= 11 is 5.87. The number of aromatic nitrogens is 2. The molecule has 0 aliphatic carbocycles. The van der Waals surface area contributed by atoms with Gasteiger partial charge in [0.1, 0.15) is 0 Å². The highest BCUT2D eigenvalue weighted by Crippen LogP contribution is 2.15. The summed E-state index contributed by atoms with van der Waals surface area (Å²) in [6.45, 7) is 4.50. The SMILES string of the molecule is Cc1nn(C)c(C)c1CC(=O)N(C)Cc1ccc(Cl)cc1. The Morgan fingerprint density at radius 2 is 1.90 bits per heavy atom. The van der Waals surface area contributed by atoms with Crippen molar-refractivity contribution in [1.82, 2.24) is 14.7 Å². The molecule has 1 aromatic carbocycles. The normalized spacial score (nSPS) is 10.7. The van der Waals surface area contributed by atoms with Crippen molar-refractivity contribution >= 4 is 17.5 Å². The fourth-order valence-corrected chi connectivity index (χ4v) is 2.44. The monoisotopic (exact) mass is 305 g/mol. The van der Waals surface area contributed by atoms with Gasteiger partial charge in [0, 0.05) is 36.9 Å². The lowest BCUT2D eigenvalue weighted by Crippen LogP contribution is -2.28. The maximum absolute atomic E-state index is 12.4. The Kier molecular flexibility index (Phi) is 4.68. The first-order valence-electron chi connectivity index (χ1n) is 6.86. The average molecular weight is 306 g/mol. The minimum atomic E-state index is 0.0872. The number of benzene rings is 1. The van der Waals surface area contributed by atoms with Gasteiger partial charge in [-0.25, -0.2) is 0 Å². The van der Waals surface area contributed by atoms with Gasteiger partial charge in [0.15, 0.2) is 0 Å². The van der Waals surface area contributed by atoms with Crippen molar-refractivity contribution in [1.29, 1.82) is 0 Å². The zero-order valence-corrected chi connectivity index (χ0v) is 13.6. The molecule has 0 N–H and O–H groups in total. The number of aryl methyl sites for hydroxylation is 2. The third-order valence-corrected chi connectivity index (χ3v) is 4.00. The molecule has 4 nitrogen and oxygen atoms in total. The molecule has 0 radical (unpaired) electrons. The van der Waals surface area contributed by atoms with Gasteiger partial charge < -0.3 is 4.90 Å². The van der Waals surface area contributed by atoms with Crippen LogP contribution in [-0.4, -0.2) is 27.6 Å². The van der Waals surface area contributed by atoms with E-state index in [1.54, 1.807) is 4.90 Å². The Morgan fingerprint density at radius 3 is 2.43 bits per heavy atom. The summed E-state index contributed by atoms with van der Waals surface area (Å²) < 4.78 is 1.82. The van der Waals surface area contributed by atoms with E-state index in [9.17, 15) is 4.79 Å². The second kappa shape index (κ2) is 6.31. The molecule has 0 bridgehead atoms. The van der Waals surface area contributed by atoms with Crippen LogP contribution in [0.15, 0.2) is 24.3 Å². The quantitative estimate of drug-likeness (QED) is 0.871. The number of halogens is 1. The molecule has 0 unspecified atom stereocenters. The highest BCUT2D eigenvalue weighted by molar-refractivity contribution is 6.30. The van der Waals surface area contributed by atoms with Crippen molar-refractivity contribution < 1.29 is 4.79 Å². The maximum Gasteiger partial charge on any atom is 0.227 e. The Hall–Kier alpha value is -1.81. The van der Waals surface area contributed by atoms with Crippen molar-refractivity contribution in [2.24, 2.45) is 7.05 Å². The van der Waals surface area contributed by atoms with E-state index in [-0.39, 0.29) is 5.91 Å². The third kappa shape index (κ3) is 3.64. The maximum atomic E-state index is 12.4. The fraction of sp³-hybridized carbons (Fsp3) is 0.375. The molecule has 1 aromatic heterocycles. The van der Waals surface area contributed by atoms with E-state index in [1.165, 1.54) is 0 Å². The third-order valence-electron chi connectivity index (χ3n) is 3.75. The van der Waals surface area contributed by atoms with Gasteiger partial charge in [-0.1, -0.05) is 23.7 Å². The van der Waals surface area contributed by atoms with E-state index >= 15 is 0 Å². The van der Waals surface area contributed by atoms with E-state index in [0.717, 1.165) is 22.5 Å². The van der Waals surface area contributed by atoms with Crippen molar-refractivity contribution in [2.75, 3.05) is 7.05 Å². The lowest BCUT2D eigenvalue weighted by molar-refractivity contribution is -0.129. The first kappa shape index (κ1) is 15.6. The summed E-state index contributed by atoms with van der Waals surface area (Å²) in [5, 5.41) is 5.05. The number of hydrogen-bond acceptors (Lipinski definition) is 2. The molecular formula is C16H20ClN3O. The first-order chi connectivity index (χ1) is 9.88. The van der Waals surface area contributed by atoms with Gasteiger partial charge in [-0.05, 0) is 31.5 Å². The molecule has 0 aliphatic heterocycles. The summed E-state index contributed by atoms with van der Waals surface area (Å²) in [7, 11) is 3.71. The van der Waals surface area contributed by atoms with E-state index in [1.807, 2.05) is 56.9 Å². The minimum Gasteiger partial charge on any atom is -0.341 e. The minimum absolute atomic E-state index is 0.0872. The van der Waals surface area contributed by atoms with Crippen molar-refractivity contribution in [3.63, 3.8) is 0 Å². The Balaban J connectivity index is 2.04. The lowest BCUT2D eigenvalue weighted by atomic mass is 10.1. The fourth-order valence-electron chi connectivity index (χ4n) is 2.31. The first-order valence-corrected chi connectivity index (χ1v) is 7.23. The molecule has 112 valence electrons. The average Bonchev–Trinajstić information content (AvgIpc) is 2.68. The topological polar surface area (TPSA) is 38.1 Å². The van der Waals surface area contributed by atoms with Gasteiger partial charge in [-0.15, -0.1) is 0 Å². The molecule has 1 heterocycles. The van der Waals surface area contributed by atoms with Gasteiger partial charge in [0.2, 0.25) is 5.91 Å². The molecule has 0 atom stereocenters. The standard InChI is InChI=1S/C16H20ClN3O/c1-11-15(12(2)20(4)18-11)9-16(21)19(3)10-13-5-7-14(17)8-6-13/h5-8H,9-10H2,1-4H3. The zero-order valence-electron chi connectivity index (χ0n) is 12.9. The van der Waals surface area contributed by atoms with Crippen LogP contribution in [0.25, 0.3) is 0 Å². The highest BCUT2D eigenvalue weighted by atomic mass is 35.5. The second-order valence-electron chi connectivity index (χ2n) is 5.33. The van der Waals surface area contributed by atoms with Crippen LogP contribution in [0.4, 0.5) is 0 Å². The van der Waals surface area contributed by atoms with Gasteiger partial charge in [-0.2, -0.15) is 5.10 Å². The molecule has 0 saturated carbocycles. The van der Waals surface area contributed by atoms with E-state index in [0.29, 0.717) is 18.0 Å². The number of likely N-dealkylation sites (N-methyl/N-ethyl adjacent to an activating group) is 1. The molecule has 0 spiro atoms. The Bertz CT molecular complexity index is 646. The lowest BCUT2D eigenvalue weighted by Gasteiger charge is -2.17. The van der Waals surface area contributed by atoms with Crippen molar-refractivity contribution in [3.8, 4) is 0 Å². The van der Waals surface area contributed by atoms with Crippen LogP contribution in [0, 0.1) is 13.8 Å². The molecule has 2 rings (SSSR count). The highest BCUT2D eigenvalue weighted by Gasteiger charge is 2.16. The van der Waals surface area contributed by atoms with Crippen LogP contribution in [0.1, 0.15) is 22.5 Å². The summed E-state index contributed by atoms with van der Waals surface area (Å²) in [6, 6.07) is 7.55. The van der Waals surface area contributed by atoms with Gasteiger partial charge in [0.25, 0.3) is 0 Å². The smallest absolute Gasteiger partial charge is 0.227 e. The van der Waals surface area contributed by atoms with E-state index in [4.69, 9.17) is 11.6 Å². The molecule has 0 aliphatic rings. The van der Waals surface area contributed by atoms with Crippen LogP contribution in [0.2, 0.25) is 5.02 Å². The van der Waals surface area contributed by atoms with Crippen LogP contribution in [0.3, 0.4) is 0 Å². The number of carbonyl (C=O) groups excluding carboxylic acids is 1. The molecule has 5 heteroatoms. The van der Waals surface area contributed by atoms with Crippen molar-refractivity contribution in [3.05, 3.63) is 51.8 Å². The summed E-state index contributed by atoms with van der Waals surface area (Å²) in [4.78, 5) is 14.1. The number of nitrogens with zero attached hydrogens (tertiary/aromatic N) is 3. The van der Waals surface area contributed by atoms with E-state index in [2.05, 4.69) is 5.10 Å². The van der Waals surface area contributed by atoms with Crippen LogP contribution >= 0.6 is 11.6 Å². The molecule has 1 amide bonds. The molecule has 2 aromatic rings. The zero-order chi connectivity index (χ0) is 15.6. The van der Waals surface area contributed by atoms with E-state index < -0.39 is 0 Å². The second-order valence-corrected chi connectivity index (χ2v) is 5.76. The number of hydrogen-bond donors (Lipinski definition) is 0. The molecule has 21 heavy (non-hydrogen) atoms. The van der Waals surface area contributed by atoms with Gasteiger partial charge >= 0.3 is 0 Å². The Labute approximate surface area is 130 Å². The van der Waals surface area contributed by atoms with Crippen LogP contribution in [-0.2, 0) is 24.8 Å². The van der Waals surface area contributed by atoms with Crippen molar-refractivity contribution in [2.45, 2.75) is 26.8 Å². The molecular weight excluding hydrogens is 286 g/mol. The summed E-state index contributed by atoms with van der Waals surface area (Å²) in [5.74, 6) is 0.0872. The van der Waals surface area contributed by atoms with Gasteiger partial charge in [-0.3, -0.25) is 9.48 Å². The number of rotatable bonds is 4. The Morgan fingerprint density at radius 1 is 1.29 bits per heavy atom. The molecule has 0 saturated heterocycles. The number of amides is 1. The predicted octanol–water partition coefficient (Wildman–Crippen LogP) is 2.89. The summed E-state index contributed by atoms with van der Waals surface area (Å²) in [5.41, 5.74) is 4.05. The predicted molar refractivity (Wildman–Crippen MR) is 84.3 cm³/mol. The van der Waals surface area contributed by atoms with Crippen LogP contribution < -0.4 is 0 Å². The molecule has 0 fully saturated rings. The summed E-state index contributed by atoms with van der Waals surface area (Å²) in [6.07, 6.45) is 0.385. The largest absolute Gasteiger partial charge is 0.341 e. The number of carbonyl (C=O) groups is 1. The van der Waals surface area contributed by atoms with Crippen LogP contribution in [0.5, 0.6) is 0 Å².